The summed E-state index contributed by atoms with van der Waals surface area (Å²) in [4.78, 5) is 12.2. The predicted octanol–water partition coefficient (Wildman–Crippen LogP) is 4.33. The monoisotopic (exact) mass is 234 g/mol. The fraction of sp³-hybridized carbons (Fsp3) is 0.357. The molecular weight excluding hydrogens is 220 g/mol. The number of rotatable bonds is 2. The smallest absolute Gasteiger partial charge is 0.190 e. The average Bonchev–Trinajstić information content (AvgIpc) is 2.33. The van der Waals surface area contributed by atoms with Crippen LogP contribution in [-0.4, -0.2) is 5.78 Å². The van der Waals surface area contributed by atoms with Gasteiger partial charge in [0.2, 0.25) is 0 Å². The number of carbonyl (C=O) groups is 1. The molecule has 0 bridgehead atoms. The summed E-state index contributed by atoms with van der Waals surface area (Å²) >= 11 is 6.16. The highest BCUT2D eigenvalue weighted by Crippen LogP contribution is 2.26. The van der Waals surface area contributed by atoms with Gasteiger partial charge in [-0.05, 0) is 49.8 Å². The largest absolute Gasteiger partial charge is 0.289 e. The van der Waals surface area contributed by atoms with E-state index in [2.05, 4.69) is 6.08 Å². The van der Waals surface area contributed by atoms with E-state index >= 15 is 0 Å². The third-order valence-corrected chi connectivity index (χ3v) is 3.52. The van der Waals surface area contributed by atoms with Crippen LogP contribution in [0.5, 0.6) is 0 Å². The lowest BCUT2D eigenvalue weighted by Gasteiger charge is -2.13. The molecule has 2 heteroatoms. The Morgan fingerprint density at radius 3 is 2.81 bits per heavy atom. The highest BCUT2D eigenvalue weighted by atomic mass is 35.5. The van der Waals surface area contributed by atoms with Crippen LogP contribution in [0.4, 0.5) is 0 Å². The second-order valence-electron chi connectivity index (χ2n) is 4.24. The summed E-state index contributed by atoms with van der Waals surface area (Å²) in [6, 6.07) is 5.62. The van der Waals surface area contributed by atoms with Crippen LogP contribution in [0.3, 0.4) is 0 Å². The van der Waals surface area contributed by atoms with Crippen LogP contribution in [0, 0.1) is 6.92 Å². The lowest BCUT2D eigenvalue weighted by molar-refractivity contribution is 0.102. The van der Waals surface area contributed by atoms with Crippen LogP contribution in [0.2, 0.25) is 5.02 Å². The van der Waals surface area contributed by atoms with E-state index in [4.69, 9.17) is 11.6 Å². The Labute approximate surface area is 101 Å². The van der Waals surface area contributed by atoms with Crippen molar-refractivity contribution in [2.75, 3.05) is 0 Å². The van der Waals surface area contributed by atoms with Crippen LogP contribution in [-0.2, 0) is 0 Å². The minimum atomic E-state index is 0.105. The molecule has 0 amide bonds. The highest BCUT2D eigenvalue weighted by molar-refractivity contribution is 6.35. The zero-order chi connectivity index (χ0) is 11.5. The molecule has 0 atom stereocenters. The molecule has 0 spiro atoms. The minimum Gasteiger partial charge on any atom is -0.289 e. The molecule has 2 rings (SSSR count). The van der Waals surface area contributed by atoms with Gasteiger partial charge in [-0.2, -0.15) is 0 Å². The van der Waals surface area contributed by atoms with E-state index < -0.39 is 0 Å². The Bertz CT molecular complexity index is 446. The summed E-state index contributed by atoms with van der Waals surface area (Å²) in [5, 5.41) is 0.596. The number of halogens is 1. The molecule has 0 heterocycles. The molecule has 1 aliphatic rings. The number of carbonyl (C=O) groups excluding carboxylic acids is 1. The molecule has 16 heavy (non-hydrogen) atoms. The van der Waals surface area contributed by atoms with Gasteiger partial charge in [0, 0.05) is 5.56 Å². The molecule has 0 N–H and O–H groups in total. The quantitative estimate of drug-likeness (QED) is 0.696. The third kappa shape index (κ3) is 2.19. The summed E-state index contributed by atoms with van der Waals surface area (Å²) < 4.78 is 0. The average molecular weight is 235 g/mol. The molecule has 1 aromatic rings. The van der Waals surface area contributed by atoms with Crippen LogP contribution in [0.1, 0.15) is 41.6 Å². The summed E-state index contributed by atoms with van der Waals surface area (Å²) in [6.07, 6.45) is 6.28. The number of ketones is 1. The Hall–Kier alpha value is -1.08. The van der Waals surface area contributed by atoms with Crippen LogP contribution in [0.25, 0.3) is 0 Å². The molecular formula is C14H15ClO. The number of allylic oxidation sites excluding steroid dienone is 2. The maximum Gasteiger partial charge on any atom is 0.190 e. The first kappa shape index (κ1) is 11.4. The fourth-order valence-electron chi connectivity index (χ4n) is 2.04. The van der Waals surface area contributed by atoms with Crippen molar-refractivity contribution in [3.63, 3.8) is 0 Å². The summed E-state index contributed by atoms with van der Waals surface area (Å²) in [5.74, 6) is 0.105. The van der Waals surface area contributed by atoms with E-state index in [0.717, 1.165) is 30.4 Å². The van der Waals surface area contributed by atoms with Gasteiger partial charge < -0.3 is 0 Å². The van der Waals surface area contributed by atoms with E-state index in [1.54, 1.807) is 0 Å². The molecule has 0 aromatic heterocycles. The second kappa shape index (κ2) is 4.84. The molecule has 0 fully saturated rings. The molecule has 0 radical (unpaired) electrons. The zero-order valence-electron chi connectivity index (χ0n) is 9.42. The van der Waals surface area contributed by atoms with Crippen molar-refractivity contribution in [3.8, 4) is 0 Å². The predicted molar refractivity (Wildman–Crippen MR) is 67.1 cm³/mol. The Balaban J connectivity index is 2.33. The summed E-state index contributed by atoms with van der Waals surface area (Å²) in [7, 11) is 0. The summed E-state index contributed by atoms with van der Waals surface area (Å²) in [5.41, 5.74) is 2.54. The molecule has 0 unspecified atom stereocenters. The highest BCUT2D eigenvalue weighted by Gasteiger charge is 2.17. The van der Waals surface area contributed by atoms with E-state index in [-0.39, 0.29) is 5.78 Å². The number of aryl methyl sites for hydroxylation is 1. The van der Waals surface area contributed by atoms with E-state index in [1.165, 1.54) is 6.42 Å². The van der Waals surface area contributed by atoms with Gasteiger partial charge in [-0.15, -0.1) is 0 Å². The van der Waals surface area contributed by atoms with Gasteiger partial charge in [-0.1, -0.05) is 29.8 Å². The Morgan fingerprint density at radius 1 is 1.31 bits per heavy atom. The van der Waals surface area contributed by atoms with Crippen LogP contribution >= 0.6 is 11.6 Å². The molecule has 1 aliphatic carbocycles. The van der Waals surface area contributed by atoms with Crippen molar-refractivity contribution in [2.24, 2.45) is 0 Å². The van der Waals surface area contributed by atoms with Crippen molar-refractivity contribution < 1.29 is 4.79 Å². The van der Waals surface area contributed by atoms with E-state index in [9.17, 15) is 4.79 Å². The first-order valence-electron chi connectivity index (χ1n) is 5.69. The van der Waals surface area contributed by atoms with E-state index in [0.29, 0.717) is 10.6 Å². The maximum atomic E-state index is 12.2. The maximum absolute atomic E-state index is 12.2. The third-order valence-electron chi connectivity index (χ3n) is 3.02. The molecule has 84 valence electrons. The van der Waals surface area contributed by atoms with Crippen LogP contribution < -0.4 is 0 Å². The van der Waals surface area contributed by atoms with Crippen molar-refractivity contribution in [3.05, 3.63) is 46.0 Å². The zero-order valence-corrected chi connectivity index (χ0v) is 10.2. The lowest BCUT2D eigenvalue weighted by Crippen LogP contribution is -2.07. The van der Waals surface area contributed by atoms with Gasteiger partial charge in [-0.25, -0.2) is 0 Å². The van der Waals surface area contributed by atoms with Crippen molar-refractivity contribution >= 4 is 17.4 Å². The molecule has 0 aliphatic heterocycles. The van der Waals surface area contributed by atoms with Gasteiger partial charge in [-0.3, -0.25) is 4.79 Å². The van der Waals surface area contributed by atoms with Gasteiger partial charge in [0.1, 0.15) is 0 Å². The Kier molecular flexibility index (Phi) is 3.45. The standard InChI is InChI=1S/C14H15ClO/c1-10-6-5-9-12(13(10)15)14(16)11-7-3-2-4-8-11/h5-7,9H,2-4,8H2,1H3. The van der Waals surface area contributed by atoms with Crippen molar-refractivity contribution in [2.45, 2.75) is 32.6 Å². The first-order chi connectivity index (χ1) is 7.70. The van der Waals surface area contributed by atoms with Crippen molar-refractivity contribution in [1.29, 1.82) is 0 Å². The topological polar surface area (TPSA) is 17.1 Å². The first-order valence-corrected chi connectivity index (χ1v) is 6.07. The van der Waals surface area contributed by atoms with Crippen LogP contribution in [0.15, 0.2) is 29.8 Å². The minimum absolute atomic E-state index is 0.105. The molecule has 0 saturated heterocycles. The second-order valence-corrected chi connectivity index (χ2v) is 4.62. The van der Waals surface area contributed by atoms with Crippen molar-refractivity contribution in [1.82, 2.24) is 0 Å². The number of hydrogen-bond acceptors (Lipinski definition) is 1. The van der Waals surface area contributed by atoms with Gasteiger partial charge in [0.25, 0.3) is 0 Å². The molecule has 1 nitrogen and oxygen atoms in total. The van der Waals surface area contributed by atoms with Gasteiger partial charge >= 0.3 is 0 Å². The normalized spacial score (nSPS) is 15.8. The molecule has 1 aromatic carbocycles. The Morgan fingerprint density at radius 2 is 2.12 bits per heavy atom. The lowest BCUT2D eigenvalue weighted by atomic mass is 9.92. The number of benzene rings is 1. The van der Waals surface area contributed by atoms with Gasteiger partial charge in [0.05, 0.1) is 5.02 Å². The number of Topliss-reactive ketones (excluding diaryl/α,β-unsaturated/α-hetero) is 1. The van der Waals surface area contributed by atoms with Gasteiger partial charge in [0.15, 0.2) is 5.78 Å². The summed E-state index contributed by atoms with van der Waals surface area (Å²) in [6.45, 7) is 1.92. The fourth-order valence-corrected chi connectivity index (χ4v) is 2.25. The number of hydrogen-bond donors (Lipinski definition) is 0. The molecule has 0 saturated carbocycles. The van der Waals surface area contributed by atoms with E-state index in [1.807, 2.05) is 25.1 Å². The SMILES string of the molecule is Cc1cccc(C(=O)C2=CCCCC2)c1Cl.